The number of aryl methyl sites for hydroxylation is 1. The molecule has 1 aliphatic carbocycles. The standard InChI is InChI=1S/C14H19Br/c1-14(2,10-15)13-9-5-7-11-6-3-4-8-12(11)13/h3-4,6,8,13H,5,7,9-10H2,1-2H3. The van der Waals surface area contributed by atoms with Crippen molar-refractivity contribution < 1.29 is 0 Å². The number of hydrogen-bond acceptors (Lipinski definition) is 0. The summed E-state index contributed by atoms with van der Waals surface area (Å²) in [6, 6.07) is 8.97. The Labute approximate surface area is 101 Å². The second-order valence-corrected chi connectivity index (χ2v) is 5.83. The molecule has 1 atom stereocenters. The zero-order valence-corrected chi connectivity index (χ0v) is 11.2. The summed E-state index contributed by atoms with van der Waals surface area (Å²) in [5.41, 5.74) is 3.53. The molecule has 1 aromatic rings. The normalized spacial score (nSPS) is 21.1. The predicted molar refractivity (Wildman–Crippen MR) is 69.7 cm³/mol. The number of fused-ring (bicyclic) bond motifs is 1. The van der Waals surface area contributed by atoms with Gasteiger partial charge in [-0.15, -0.1) is 0 Å². The van der Waals surface area contributed by atoms with Gasteiger partial charge in [0.15, 0.2) is 0 Å². The Balaban J connectivity index is 2.38. The minimum absolute atomic E-state index is 0.372. The van der Waals surface area contributed by atoms with Crippen LogP contribution >= 0.6 is 15.9 Å². The van der Waals surface area contributed by atoms with Crippen LogP contribution in [0.5, 0.6) is 0 Å². The minimum Gasteiger partial charge on any atom is -0.0922 e. The molecule has 0 nitrogen and oxygen atoms in total. The molecular weight excluding hydrogens is 248 g/mol. The molecule has 82 valence electrons. The maximum atomic E-state index is 3.66. The molecule has 0 spiro atoms. The van der Waals surface area contributed by atoms with Crippen molar-refractivity contribution >= 4 is 15.9 Å². The fourth-order valence-corrected chi connectivity index (χ4v) is 3.05. The highest BCUT2D eigenvalue weighted by Crippen LogP contribution is 2.44. The molecule has 0 saturated heterocycles. The van der Waals surface area contributed by atoms with Gasteiger partial charge in [-0.25, -0.2) is 0 Å². The molecule has 1 aliphatic rings. The van der Waals surface area contributed by atoms with E-state index in [1.54, 1.807) is 11.1 Å². The molecule has 15 heavy (non-hydrogen) atoms. The van der Waals surface area contributed by atoms with E-state index in [-0.39, 0.29) is 0 Å². The van der Waals surface area contributed by atoms with Crippen molar-refractivity contribution in [1.29, 1.82) is 0 Å². The van der Waals surface area contributed by atoms with Crippen LogP contribution in [0.3, 0.4) is 0 Å². The Hall–Kier alpha value is -0.300. The molecule has 0 bridgehead atoms. The monoisotopic (exact) mass is 266 g/mol. The van der Waals surface area contributed by atoms with Gasteiger partial charge in [0.25, 0.3) is 0 Å². The summed E-state index contributed by atoms with van der Waals surface area (Å²) >= 11 is 3.66. The molecule has 2 rings (SSSR count). The maximum Gasteiger partial charge on any atom is 0.00885 e. The van der Waals surface area contributed by atoms with Crippen LogP contribution in [0.2, 0.25) is 0 Å². The lowest BCUT2D eigenvalue weighted by Crippen LogP contribution is -2.27. The molecule has 1 heteroatoms. The van der Waals surface area contributed by atoms with Gasteiger partial charge in [-0.05, 0) is 41.7 Å². The molecule has 1 unspecified atom stereocenters. The van der Waals surface area contributed by atoms with Gasteiger partial charge < -0.3 is 0 Å². The van der Waals surface area contributed by atoms with E-state index < -0.39 is 0 Å². The van der Waals surface area contributed by atoms with Gasteiger partial charge in [-0.3, -0.25) is 0 Å². The van der Waals surface area contributed by atoms with Crippen molar-refractivity contribution in [2.24, 2.45) is 5.41 Å². The number of rotatable bonds is 2. The number of alkyl halides is 1. The number of hydrogen-bond donors (Lipinski definition) is 0. The van der Waals surface area contributed by atoms with E-state index in [0.717, 1.165) is 11.2 Å². The predicted octanol–water partition coefficient (Wildman–Crippen LogP) is 4.53. The second kappa shape index (κ2) is 4.29. The van der Waals surface area contributed by atoms with Crippen molar-refractivity contribution in [2.75, 3.05) is 5.33 Å². The molecule has 1 aromatic carbocycles. The fourth-order valence-electron chi connectivity index (χ4n) is 2.66. The quantitative estimate of drug-likeness (QED) is 0.691. The summed E-state index contributed by atoms with van der Waals surface area (Å²) in [6.45, 7) is 4.74. The summed E-state index contributed by atoms with van der Waals surface area (Å²) in [5, 5.41) is 1.08. The van der Waals surface area contributed by atoms with Crippen LogP contribution in [0.4, 0.5) is 0 Å². The third-order valence-corrected chi connectivity index (χ3v) is 5.10. The molecule has 0 heterocycles. The van der Waals surface area contributed by atoms with Gasteiger partial charge in [0.2, 0.25) is 0 Å². The SMILES string of the molecule is CC(C)(CBr)C1CCCc2ccccc21. The summed E-state index contributed by atoms with van der Waals surface area (Å²) in [7, 11) is 0. The number of halogens is 1. The lowest BCUT2D eigenvalue weighted by atomic mass is 9.69. The van der Waals surface area contributed by atoms with Gasteiger partial charge >= 0.3 is 0 Å². The molecule has 0 aliphatic heterocycles. The van der Waals surface area contributed by atoms with Crippen molar-refractivity contribution in [1.82, 2.24) is 0 Å². The Bertz CT molecular complexity index is 341. The largest absolute Gasteiger partial charge is 0.0922 e. The van der Waals surface area contributed by atoms with Crippen LogP contribution in [-0.4, -0.2) is 5.33 Å². The number of benzene rings is 1. The van der Waals surface area contributed by atoms with Crippen LogP contribution in [0.1, 0.15) is 43.7 Å². The summed E-state index contributed by atoms with van der Waals surface area (Å²) in [6.07, 6.45) is 3.96. The first-order valence-corrected chi connectivity index (χ1v) is 6.91. The Morgan fingerprint density at radius 1 is 1.33 bits per heavy atom. The Kier molecular flexibility index (Phi) is 3.20. The molecule has 0 N–H and O–H groups in total. The lowest BCUT2D eigenvalue weighted by Gasteiger charge is -2.37. The average molecular weight is 267 g/mol. The molecule has 0 amide bonds. The Morgan fingerprint density at radius 3 is 2.80 bits per heavy atom. The van der Waals surface area contributed by atoms with E-state index in [4.69, 9.17) is 0 Å². The van der Waals surface area contributed by atoms with Crippen LogP contribution in [0.25, 0.3) is 0 Å². The van der Waals surface area contributed by atoms with Crippen molar-refractivity contribution in [3.63, 3.8) is 0 Å². The third-order valence-electron chi connectivity index (χ3n) is 3.66. The van der Waals surface area contributed by atoms with Gasteiger partial charge in [0.05, 0.1) is 0 Å². The highest BCUT2D eigenvalue weighted by molar-refractivity contribution is 9.09. The highest BCUT2D eigenvalue weighted by atomic mass is 79.9. The van der Waals surface area contributed by atoms with E-state index in [0.29, 0.717) is 5.41 Å². The van der Waals surface area contributed by atoms with Crippen molar-refractivity contribution in [3.8, 4) is 0 Å². The van der Waals surface area contributed by atoms with E-state index in [1.807, 2.05) is 0 Å². The lowest BCUT2D eigenvalue weighted by molar-refractivity contribution is 0.299. The van der Waals surface area contributed by atoms with E-state index >= 15 is 0 Å². The van der Waals surface area contributed by atoms with Crippen molar-refractivity contribution in [2.45, 2.75) is 39.0 Å². The first kappa shape index (κ1) is 11.2. The zero-order chi connectivity index (χ0) is 10.9. The smallest absolute Gasteiger partial charge is 0.00885 e. The minimum atomic E-state index is 0.372. The van der Waals surface area contributed by atoms with Gasteiger partial charge in [0, 0.05) is 5.33 Å². The van der Waals surface area contributed by atoms with Gasteiger partial charge in [0.1, 0.15) is 0 Å². The first-order valence-electron chi connectivity index (χ1n) is 5.79. The van der Waals surface area contributed by atoms with Crippen LogP contribution in [-0.2, 0) is 6.42 Å². The molecule has 0 saturated carbocycles. The fraction of sp³-hybridized carbons (Fsp3) is 0.571. The Morgan fingerprint density at radius 2 is 2.07 bits per heavy atom. The summed E-state index contributed by atoms with van der Waals surface area (Å²) < 4.78 is 0. The second-order valence-electron chi connectivity index (χ2n) is 5.27. The molecule has 0 fully saturated rings. The summed E-state index contributed by atoms with van der Waals surface area (Å²) in [5.74, 6) is 0.724. The van der Waals surface area contributed by atoms with Gasteiger partial charge in [-0.2, -0.15) is 0 Å². The van der Waals surface area contributed by atoms with Crippen LogP contribution < -0.4 is 0 Å². The van der Waals surface area contributed by atoms with E-state index in [9.17, 15) is 0 Å². The van der Waals surface area contributed by atoms with Gasteiger partial charge in [-0.1, -0.05) is 54.0 Å². The van der Waals surface area contributed by atoms with E-state index in [1.165, 1.54) is 19.3 Å². The maximum absolute atomic E-state index is 3.66. The topological polar surface area (TPSA) is 0 Å². The zero-order valence-electron chi connectivity index (χ0n) is 9.59. The molecular formula is C14H19Br. The van der Waals surface area contributed by atoms with Crippen LogP contribution in [0.15, 0.2) is 24.3 Å². The molecule has 0 aromatic heterocycles. The van der Waals surface area contributed by atoms with Crippen LogP contribution in [0, 0.1) is 5.41 Å². The van der Waals surface area contributed by atoms with E-state index in [2.05, 4.69) is 54.0 Å². The average Bonchev–Trinajstić information content (AvgIpc) is 2.28. The summed E-state index contributed by atoms with van der Waals surface area (Å²) in [4.78, 5) is 0. The third kappa shape index (κ3) is 2.13. The highest BCUT2D eigenvalue weighted by Gasteiger charge is 2.32. The van der Waals surface area contributed by atoms with Crippen molar-refractivity contribution in [3.05, 3.63) is 35.4 Å². The molecule has 0 radical (unpaired) electrons. The first-order chi connectivity index (χ1) is 7.15.